The summed E-state index contributed by atoms with van der Waals surface area (Å²) in [4.78, 5) is 4.36. The summed E-state index contributed by atoms with van der Waals surface area (Å²) in [6.07, 6.45) is 0. The van der Waals surface area contributed by atoms with Gasteiger partial charge in [0.15, 0.2) is 11.5 Å². The fraction of sp³-hybridized carbons (Fsp3) is 0.222. The van der Waals surface area contributed by atoms with Gasteiger partial charge in [-0.15, -0.1) is 0 Å². The van der Waals surface area contributed by atoms with Crippen LogP contribution in [0.2, 0.25) is 0 Å². The molecule has 0 saturated carbocycles. The van der Waals surface area contributed by atoms with E-state index in [0.717, 1.165) is 5.69 Å². The van der Waals surface area contributed by atoms with Gasteiger partial charge < -0.3 is 28.8 Å². The molecule has 8 nitrogen and oxygen atoms in total. The van der Waals surface area contributed by atoms with Crippen molar-refractivity contribution in [1.29, 1.82) is 0 Å². The molecule has 1 heterocycles. The van der Waals surface area contributed by atoms with E-state index in [1.807, 2.05) is 6.07 Å². The molecule has 2 aromatic carbocycles. The highest BCUT2D eigenvalue weighted by Gasteiger charge is 2.15. The quantitative estimate of drug-likeness (QED) is 0.687. The van der Waals surface area contributed by atoms with Gasteiger partial charge in [0.1, 0.15) is 11.5 Å². The highest BCUT2D eigenvalue weighted by atomic mass is 16.5. The number of hydrogen-bond acceptors (Lipinski definition) is 8. The lowest BCUT2D eigenvalue weighted by Gasteiger charge is -2.09. The number of hydrogen-bond donors (Lipinski definition) is 1. The number of methoxy groups -OCH3 is 4. The Balaban J connectivity index is 1.87. The van der Waals surface area contributed by atoms with E-state index in [1.54, 1.807) is 58.8 Å². The fourth-order valence-electron chi connectivity index (χ4n) is 2.41. The first-order valence-corrected chi connectivity index (χ1v) is 7.73. The molecule has 1 aromatic heterocycles. The summed E-state index contributed by atoms with van der Waals surface area (Å²) < 4.78 is 26.4. The fourth-order valence-corrected chi connectivity index (χ4v) is 2.41. The van der Waals surface area contributed by atoms with Gasteiger partial charge >= 0.3 is 6.01 Å². The Morgan fingerprint density at radius 3 is 2.23 bits per heavy atom. The molecule has 0 amide bonds. The van der Waals surface area contributed by atoms with E-state index < -0.39 is 0 Å². The minimum Gasteiger partial charge on any atom is -0.497 e. The van der Waals surface area contributed by atoms with Gasteiger partial charge in [-0.05, 0) is 30.3 Å². The van der Waals surface area contributed by atoms with Crippen molar-refractivity contribution in [3.05, 3.63) is 36.4 Å². The molecule has 136 valence electrons. The third-order valence-electron chi connectivity index (χ3n) is 3.71. The number of anilines is 2. The maximum absolute atomic E-state index is 5.35. The molecule has 0 aliphatic carbocycles. The molecular formula is C18H19N3O5. The highest BCUT2D eigenvalue weighted by Crippen LogP contribution is 2.34. The van der Waals surface area contributed by atoms with Gasteiger partial charge in [-0.3, -0.25) is 0 Å². The first-order valence-electron chi connectivity index (χ1n) is 7.73. The van der Waals surface area contributed by atoms with Crippen LogP contribution in [0.1, 0.15) is 0 Å². The van der Waals surface area contributed by atoms with Crippen molar-refractivity contribution >= 4 is 11.7 Å². The zero-order valence-electron chi connectivity index (χ0n) is 14.9. The summed E-state index contributed by atoms with van der Waals surface area (Å²) in [5, 5.41) is 7.04. The van der Waals surface area contributed by atoms with Crippen LogP contribution in [0.25, 0.3) is 11.4 Å². The molecule has 0 aliphatic heterocycles. The molecule has 0 radical (unpaired) electrons. The van der Waals surface area contributed by atoms with Crippen molar-refractivity contribution in [1.82, 2.24) is 10.1 Å². The van der Waals surface area contributed by atoms with E-state index in [-0.39, 0.29) is 6.01 Å². The molecule has 0 saturated heterocycles. The molecule has 0 fully saturated rings. The van der Waals surface area contributed by atoms with Crippen molar-refractivity contribution in [3.63, 3.8) is 0 Å². The maximum Gasteiger partial charge on any atom is 0.326 e. The monoisotopic (exact) mass is 357 g/mol. The number of ether oxygens (including phenoxy) is 4. The summed E-state index contributed by atoms with van der Waals surface area (Å²) in [7, 11) is 6.32. The molecule has 3 rings (SSSR count). The minimum absolute atomic E-state index is 0.233. The third kappa shape index (κ3) is 3.49. The lowest BCUT2D eigenvalue weighted by Crippen LogP contribution is -1.95. The van der Waals surface area contributed by atoms with E-state index in [2.05, 4.69) is 15.5 Å². The molecule has 26 heavy (non-hydrogen) atoms. The van der Waals surface area contributed by atoms with Gasteiger partial charge in [0, 0.05) is 11.8 Å². The minimum atomic E-state index is 0.233. The van der Waals surface area contributed by atoms with Crippen LogP contribution in [-0.2, 0) is 0 Å². The molecular weight excluding hydrogens is 338 g/mol. The normalized spacial score (nSPS) is 10.3. The summed E-state index contributed by atoms with van der Waals surface area (Å²) >= 11 is 0. The van der Waals surface area contributed by atoms with Crippen molar-refractivity contribution < 1.29 is 23.5 Å². The summed E-state index contributed by atoms with van der Waals surface area (Å²) in [5.41, 5.74) is 1.38. The van der Waals surface area contributed by atoms with Crippen LogP contribution in [0.4, 0.5) is 11.7 Å². The average Bonchev–Trinajstić information content (AvgIpc) is 3.15. The van der Waals surface area contributed by atoms with Gasteiger partial charge in [0.25, 0.3) is 0 Å². The predicted molar refractivity (Wildman–Crippen MR) is 95.7 cm³/mol. The Morgan fingerprint density at radius 2 is 1.54 bits per heavy atom. The number of aromatic nitrogens is 2. The number of nitrogens with zero attached hydrogens (tertiary/aromatic N) is 2. The highest BCUT2D eigenvalue weighted by molar-refractivity contribution is 5.67. The Labute approximate surface area is 150 Å². The number of nitrogens with one attached hydrogen (secondary N) is 1. The first kappa shape index (κ1) is 17.4. The van der Waals surface area contributed by atoms with Crippen LogP contribution in [0.3, 0.4) is 0 Å². The molecule has 1 N–H and O–H groups in total. The van der Waals surface area contributed by atoms with Crippen LogP contribution in [0.5, 0.6) is 23.0 Å². The number of rotatable bonds is 7. The Morgan fingerprint density at radius 1 is 0.808 bits per heavy atom. The Kier molecular flexibility index (Phi) is 5.12. The van der Waals surface area contributed by atoms with E-state index in [1.165, 1.54) is 0 Å². The van der Waals surface area contributed by atoms with E-state index >= 15 is 0 Å². The van der Waals surface area contributed by atoms with Crippen molar-refractivity contribution in [3.8, 4) is 34.4 Å². The lowest BCUT2D eigenvalue weighted by molar-refractivity contribution is 0.355. The van der Waals surface area contributed by atoms with Gasteiger partial charge in [-0.1, -0.05) is 5.16 Å². The van der Waals surface area contributed by atoms with E-state index in [4.69, 9.17) is 23.5 Å². The third-order valence-corrected chi connectivity index (χ3v) is 3.71. The van der Waals surface area contributed by atoms with Crippen LogP contribution in [0, 0.1) is 0 Å². The van der Waals surface area contributed by atoms with Gasteiger partial charge in [0.2, 0.25) is 5.82 Å². The van der Waals surface area contributed by atoms with Gasteiger partial charge in [0.05, 0.1) is 34.0 Å². The topological polar surface area (TPSA) is 87.9 Å². The standard InChI is InChI=1S/C18H19N3O5/c1-22-12-6-8-14(23-2)13(10-12)17-20-18(26-21-17)19-11-5-7-15(24-3)16(9-11)25-4/h5-10H,1-4H3,(H,19,20,21). The summed E-state index contributed by atoms with van der Waals surface area (Å²) in [6.45, 7) is 0. The van der Waals surface area contributed by atoms with Gasteiger partial charge in [-0.25, -0.2) is 0 Å². The van der Waals surface area contributed by atoms with Crippen molar-refractivity contribution in [2.45, 2.75) is 0 Å². The van der Waals surface area contributed by atoms with E-state index in [9.17, 15) is 0 Å². The summed E-state index contributed by atoms with van der Waals surface area (Å²) in [5.74, 6) is 2.88. The average molecular weight is 357 g/mol. The maximum atomic E-state index is 5.35. The first-order chi connectivity index (χ1) is 12.7. The van der Waals surface area contributed by atoms with Crippen LogP contribution >= 0.6 is 0 Å². The van der Waals surface area contributed by atoms with E-state index in [0.29, 0.717) is 34.4 Å². The molecule has 8 heteroatoms. The van der Waals surface area contributed by atoms with Crippen molar-refractivity contribution in [2.24, 2.45) is 0 Å². The zero-order valence-corrected chi connectivity index (χ0v) is 14.9. The second-order valence-corrected chi connectivity index (χ2v) is 5.18. The van der Waals surface area contributed by atoms with Crippen LogP contribution in [0.15, 0.2) is 40.9 Å². The SMILES string of the molecule is COc1ccc(OC)c(-c2noc(Nc3ccc(OC)c(OC)c3)n2)c1. The molecule has 0 spiro atoms. The second-order valence-electron chi connectivity index (χ2n) is 5.18. The molecule has 0 aliphatic rings. The lowest BCUT2D eigenvalue weighted by atomic mass is 10.2. The molecule has 0 unspecified atom stereocenters. The zero-order chi connectivity index (χ0) is 18.5. The predicted octanol–water partition coefficient (Wildman–Crippen LogP) is 3.51. The summed E-state index contributed by atoms with van der Waals surface area (Å²) in [6, 6.07) is 11.0. The van der Waals surface area contributed by atoms with Crippen molar-refractivity contribution in [2.75, 3.05) is 33.8 Å². The second kappa shape index (κ2) is 7.64. The Bertz CT molecular complexity index is 894. The van der Waals surface area contributed by atoms with Gasteiger partial charge in [-0.2, -0.15) is 4.98 Å². The largest absolute Gasteiger partial charge is 0.497 e. The molecule has 0 bridgehead atoms. The molecule has 3 aromatic rings. The smallest absolute Gasteiger partial charge is 0.326 e. The Hall–Kier alpha value is -3.42. The van der Waals surface area contributed by atoms with Crippen LogP contribution < -0.4 is 24.3 Å². The molecule has 0 atom stereocenters. The number of benzene rings is 2. The van der Waals surface area contributed by atoms with Crippen LogP contribution in [-0.4, -0.2) is 38.6 Å².